The molecule has 0 radical (unpaired) electrons. The first-order valence-corrected chi connectivity index (χ1v) is 8.10. The van der Waals surface area contributed by atoms with Gasteiger partial charge in [0.2, 0.25) is 0 Å². The van der Waals surface area contributed by atoms with Gasteiger partial charge in [-0.05, 0) is 19.9 Å². The van der Waals surface area contributed by atoms with Crippen LogP contribution in [0.15, 0.2) is 30.5 Å². The summed E-state index contributed by atoms with van der Waals surface area (Å²) in [5.41, 5.74) is 2.30. The maximum atomic E-state index is 5.23. The Morgan fingerprint density at radius 1 is 1.24 bits per heavy atom. The quantitative estimate of drug-likeness (QED) is 0.806. The van der Waals surface area contributed by atoms with Crippen molar-refractivity contribution in [3.63, 3.8) is 0 Å². The molecule has 2 rings (SSSR count). The van der Waals surface area contributed by atoms with Crippen molar-refractivity contribution in [3.05, 3.63) is 40.9 Å². The van der Waals surface area contributed by atoms with E-state index in [1.807, 2.05) is 18.3 Å². The fraction of sp³-hybridized carbons (Fsp3) is 0.438. The average Bonchev–Trinajstić information content (AvgIpc) is 2.97. The molecule has 1 aromatic carbocycles. The van der Waals surface area contributed by atoms with Crippen LogP contribution in [-0.2, 0) is 17.9 Å². The predicted molar refractivity (Wildman–Crippen MR) is 90.2 cm³/mol. The van der Waals surface area contributed by atoms with Gasteiger partial charge in [-0.25, -0.2) is 4.98 Å². The van der Waals surface area contributed by atoms with E-state index in [0.29, 0.717) is 6.61 Å². The number of thiazole rings is 1. The van der Waals surface area contributed by atoms with E-state index in [4.69, 9.17) is 4.74 Å². The van der Waals surface area contributed by atoms with E-state index in [2.05, 4.69) is 41.2 Å². The zero-order valence-corrected chi connectivity index (χ0v) is 13.7. The molecule has 0 spiro atoms. The van der Waals surface area contributed by atoms with Gasteiger partial charge in [-0.15, -0.1) is 11.3 Å². The second kappa shape index (κ2) is 8.00. The van der Waals surface area contributed by atoms with Crippen molar-refractivity contribution in [1.82, 2.24) is 4.98 Å². The molecule has 0 aliphatic heterocycles. The number of ether oxygens (including phenoxy) is 1. The third-order valence-electron chi connectivity index (χ3n) is 3.35. The van der Waals surface area contributed by atoms with Crippen LogP contribution in [0.3, 0.4) is 0 Å². The maximum absolute atomic E-state index is 5.23. The summed E-state index contributed by atoms with van der Waals surface area (Å²) in [5.74, 6) is 0. The lowest BCUT2D eigenvalue weighted by Gasteiger charge is -2.16. The van der Waals surface area contributed by atoms with Crippen molar-refractivity contribution in [3.8, 4) is 0 Å². The van der Waals surface area contributed by atoms with Crippen LogP contribution in [0.4, 0.5) is 10.8 Å². The minimum absolute atomic E-state index is 0.622. The molecule has 0 atom stereocenters. The lowest BCUT2D eigenvalue weighted by molar-refractivity contribution is 0.185. The molecule has 4 nitrogen and oxygen atoms in total. The smallest absolute Gasteiger partial charge is 0.185 e. The molecule has 114 valence electrons. The SMILES string of the molecule is CCN(CC)c1ncc(CNc2ccccc2COC)s1. The van der Waals surface area contributed by atoms with E-state index in [9.17, 15) is 0 Å². The summed E-state index contributed by atoms with van der Waals surface area (Å²) in [6.07, 6.45) is 1.96. The molecule has 0 unspecified atom stereocenters. The highest BCUT2D eigenvalue weighted by Crippen LogP contribution is 2.24. The fourth-order valence-electron chi connectivity index (χ4n) is 2.18. The van der Waals surface area contributed by atoms with E-state index in [1.54, 1.807) is 18.4 Å². The van der Waals surface area contributed by atoms with E-state index in [0.717, 1.165) is 30.5 Å². The Bertz CT molecular complexity index is 552. The highest BCUT2D eigenvalue weighted by molar-refractivity contribution is 7.15. The molecule has 0 aliphatic rings. The molecule has 2 aromatic rings. The number of nitrogens with one attached hydrogen (secondary N) is 1. The van der Waals surface area contributed by atoms with Gasteiger partial charge in [0.25, 0.3) is 0 Å². The van der Waals surface area contributed by atoms with Crippen molar-refractivity contribution in [2.75, 3.05) is 30.4 Å². The van der Waals surface area contributed by atoms with Gasteiger partial charge in [0.1, 0.15) is 0 Å². The Labute approximate surface area is 130 Å². The molecule has 0 saturated carbocycles. The van der Waals surface area contributed by atoms with Crippen LogP contribution < -0.4 is 10.2 Å². The second-order valence-electron chi connectivity index (χ2n) is 4.73. The molecule has 0 aliphatic carbocycles. The molecule has 0 amide bonds. The van der Waals surface area contributed by atoms with E-state index in [-0.39, 0.29) is 0 Å². The van der Waals surface area contributed by atoms with Gasteiger partial charge in [0.15, 0.2) is 5.13 Å². The van der Waals surface area contributed by atoms with Crippen molar-refractivity contribution in [1.29, 1.82) is 0 Å². The van der Waals surface area contributed by atoms with Crippen molar-refractivity contribution < 1.29 is 4.74 Å². The number of hydrogen-bond acceptors (Lipinski definition) is 5. The van der Waals surface area contributed by atoms with Gasteiger partial charge < -0.3 is 15.0 Å². The van der Waals surface area contributed by atoms with Crippen molar-refractivity contribution in [2.24, 2.45) is 0 Å². The van der Waals surface area contributed by atoms with E-state index >= 15 is 0 Å². The molecule has 5 heteroatoms. The molecule has 1 heterocycles. The van der Waals surface area contributed by atoms with Crippen LogP contribution in [0, 0.1) is 0 Å². The lowest BCUT2D eigenvalue weighted by Crippen LogP contribution is -2.21. The molecule has 1 N–H and O–H groups in total. The molecule has 0 fully saturated rings. The van der Waals surface area contributed by atoms with Crippen LogP contribution in [0.25, 0.3) is 0 Å². The molecular formula is C16H23N3OS. The summed E-state index contributed by atoms with van der Waals surface area (Å²) in [5, 5.41) is 4.57. The Morgan fingerprint density at radius 3 is 2.71 bits per heavy atom. The first-order valence-electron chi connectivity index (χ1n) is 7.28. The zero-order valence-electron chi connectivity index (χ0n) is 12.9. The van der Waals surface area contributed by atoms with Crippen molar-refractivity contribution in [2.45, 2.75) is 27.0 Å². The summed E-state index contributed by atoms with van der Waals surface area (Å²) in [7, 11) is 1.72. The highest BCUT2D eigenvalue weighted by Gasteiger charge is 2.08. The van der Waals surface area contributed by atoms with E-state index in [1.165, 1.54) is 10.4 Å². The van der Waals surface area contributed by atoms with Gasteiger partial charge in [0, 0.05) is 42.5 Å². The van der Waals surface area contributed by atoms with Gasteiger partial charge in [-0.1, -0.05) is 18.2 Å². The first-order chi connectivity index (χ1) is 10.3. The maximum Gasteiger partial charge on any atom is 0.185 e. The third-order valence-corrected chi connectivity index (χ3v) is 4.40. The Balaban J connectivity index is 2.00. The molecule has 1 aromatic heterocycles. The van der Waals surface area contributed by atoms with Crippen molar-refractivity contribution >= 4 is 22.2 Å². The Hall–Kier alpha value is -1.59. The summed E-state index contributed by atoms with van der Waals surface area (Å²) in [6, 6.07) is 8.24. The Morgan fingerprint density at radius 2 is 2.00 bits per heavy atom. The predicted octanol–water partition coefficient (Wildman–Crippen LogP) is 3.75. The largest absolute Gasteiger partial charge is 0.380 e. The summed E-state index contributed by atoms with van der Waals surface area (Å²) >= 11 is 1.75. The van der Waals surface area contributed by atoms with Gasteiger partial charge in [0.05, 0.1) is 13.2 Å². The molecule has 0 saturated heterocycles. The van der Waals surface area contributed by atoms with Crippen LogP contribution in [0.1, 0.15) is 24.3 Å². The number of benzene rings is 1. The number of hydrogen-bond donors (Lipinski definition) is 1. The third kappa shape index (κ3) is 4.19. The lowest BCUT2D eigenvalue weighted by atomic mass is 10.2. The average molecular weight is 305 g/mol. The summed E-state index contributed by atoms with van der Waals surface area (Å²) in [6.45, 7) is 7.71. The van der Waals surface area contributed by atoms with Gasteiger partial charge in [-0.2, -0.15) is 0 Å². The van der Waals surface area contributed by atoms with Crippen LogP contribution in [0.5, 0.6) is 0 Å². The van der Waals surface area contributed by atoms with Gasteiger partial charge >= 0.3 is 0 Å². The molecule has 0 bridgehead atoms. The highest BCUT2D eigenvalue weighted by atomic mass is 32.1. The first kappa shape index (κ1) is 15.8. The number of aromatic nitrogens is 1. The normalized spacial score (nSPS) is 10.6. The summed E-state index contributed by atoms with van der Waals surface area (Å²) in [4.78, 5) is 8.02. The number of para-hydroxylation sites is 1. The van der Waals surface area contributed by atoms with Crippen LogP contribution in [0.2, 0.25) is 0 Å². The minimum atomic E-state index is 0.622. The van der Waals surface area contributed by atoms with E-state index < -0.39 is 0 Å². The molecule has 21 heavy (non-hydrogen) atoms. The summed E-state index contributed by atoms with van der Waals surface area (Å²) < 4.78 is 5.23. The zero-order chi connectivity index (χ0) is 15.1. The number of methoxy groups -OCH3 is 1. The monoisotopic (exact) mass is 305 g/mol. The second-order valence-corrected chi connectivity index (χ2v) is 5.82. The fourth-order valence-corrected chi connectivity index (χ4v) is 3.15. The van der Waals surface area contributed by atoms with Crippen LogP contribution in [-0.4, -0.2) is 25.2 Å². The Kier molecular flexibility index (Phi) is 6.02. The number of anilines is 2. The number of rotatable bonds is 8. The van der Waals surface area contributed by atoms with Crippen LogP contribution >= 0.6 is 11.3 Å². The topological polar surface area (TPSA) is 37.4 Å². The minimum Gasteiger partial charge on any atom is -0.380 e. The standard InChI is InChI=1S/C16H23N3OS/c1-4-19(5-2)16-18-11-14(21-16)10-17-15-9-7-6-8-13(15)12-20-3/h6-9,11,17H,4-5,10,12H2,1-3H3. The molecular weight excluding hydrogens is 282 g/mol. The number of nitrogens with zero attached hydrogens (tertiary/aromatic N) is 2. The van der Waals surface area contributed by atoms with Gasteiger partial charge in [-0.3, -0.25) is 0 Å².